The van der Waals surface area contributed by atoms with E-state index in [9.17, 15) is 9.90 Å². The van der Waals surface area contributed by atoms with Crippen LogP contribution in [0.2, 0.25) is 0 Å². The molecule has 1 N–H and O–H groups in total. The maximum absolute atomic E-state index is 12.5. The number of aliphatic hydroxyl groups is 1. The minimum Gasteiger partial charge on any atom is -0.503 e. The molecule has 0 aliphatic heterocycles. The Morgan fingerprint density at radius 1 is 1.03 bits per heavy atom. The fourth-order valence-corrected chi connectivity index (χ4v) is 2.48. The van der Waals surface area contributed by atoms with Gasteiger partial charge in [-0.2, -0.15) is 0 Å². The number of hydrogen-bond acceptors (Lipinski definition) is 6. The fraction of sp³-hybridized carbons (Fsp3) is 0.304. The molecule has 2 aromatic carbocycles. The molecule has 0 fully saturated rings. The number of rotatable bonds is 6. The molecule has 2 aromatic rings. The molecule has 6 nitrogen and oxygen atoms in total. The van der Waals surface area contributed by atoms with E-state index in [1.54, 1.807) is 62.8 Å². The Bertz CT molecular complexity index is 909. The summed E-state index contributed by atoms with van der Waals surface area (Å²) in [6, 6.07) is 14.3. The molecule has 0 bridgehead atoms. The van der Waals surface area contributed by atoms with Crippen LogP contribution in [0.4, 0.5) is 0 Å². The number of aliphatic imine (C=N–C) groups is 1. The average Bonchev–Trinajstić information content (AvgIpc) is 2.66. The minimum absolute atomic E-state index is 0.0206. The smallest absolute Gasteiger partial charge is 0.317 e. The van der Waals surface area contributed by atoms with Gasteiger partial charge in [0.15, 0.2) is 5.76 Å². The molecule has 0 aliphatic carbocycles. The van der Waals surface area contributed by atoms with Crippen LogP contribution in [0.1, 0.15) is 31.9 Å². The molecule has 0 heterocycles. The number of benzene rings is 2. The minimum atomic E-state index is -0.554. The zero-order chi connectivity index (χ0) is 21.4. The normalized spacial score (nSPS) is 12.4. The van der Waals surface area contributed by atoms with Gasteiger partial charge in [0.1, 0.15) is 11.5 Å². The van der Waals surface area contributed by atoms with Gasteiger partial charge in [-0.3, -0.25) is 4.79 Å². The first-order chi connectivity index (χ1) is 13.7. The molecule has 0 saturated heterocycles. The number of carbonyl (C=O) groups is 1. The largest absolute Gasteiger partial charge is 0.503 e. The standard InChI is InChI=1S/C23H27NO5/c1-23(2,3)24-22(20(25)14-16-8-6-10-18(12-16)27-4)29-21(26)15-17-9-7-11-19(13-17)28-5/h6-14,25H,15H2,1-5H3/b20-14-,24-22?. The van der Waals surface area contributed by atoms with Crippen LogP contribution in [0.15, 0.2) is 59.3 Å². The lowest BCUT2D eigenvalue weighted by Gasteiger charge is -2.15. The van der Waals surface area contributed by atoms with Crippen molar-refractivity contribution in [2.24, 2.45) is 4.99 Å². The molecule has 0 aliphatic rings. The summed E-state index contributed by atoms with van der Waals surface area (Å²) < 4.78 is 15.8. The molecule has 0 unspecified atom stereocenters. The van der Waals surface area contributed by atoms with Crippen LogP contribution in [0.5, 0.6) is 11.5 Å². The Balaban J connectivity index is 2.24. The summed E-state index contributed by atoms with van der Waals surface area (Å²) in [5.41, 5.74) is 0.870. The highest BCUT2D eigenvalue weighted by Gasteiger charge is 2.18. The van der Waals surface area contributed by atoms with Gasteiger partial charge < -0.3 is 19.3 Å². The Labute approximate surface area is 171 Å². The molecular formula is C23H27NO5. The third-order valence-electron chi connectivity index (χ3n) is 3.75. The Morgan fingerprint density at radius 2 is 1.66 bits per heavy atom. The van der Waals surface area contributed by atoms with Crippen molar-refractivity contribution >= 4 is 17.9 Å². The van der Waals surface area contributed by atoms with Crippen LogP contribution in [-0.4, -0.2) is 36.7 Å². The van der Waals surface area contributed by atoms with E-state index in [0.717, 1.165) is 5.56 Å². The predicted octanol–water partition coefficient (Wildman–Crippen LogP) is 4.59. The van der Waals surface area contributed by atoms with Gasteiger partial charge in [0.25, 0.3) is 5.90 Å². The third-order valence-corrected chi connectivity index (χ3v) is 3.75. The van der Waals surface area contributed by atoms with E-state index >= 15 is 0 Å². The summed E-state index contributed by atoms with van der Waals surface area (Å²) in [6.07, 6.45) is 1.50. The van der Waals surface area contributed by atoms with Crippen molar-refractivity contribution in [3.8, 4) is 11.5 Å². The molecule has 0 spiro atoms. The second-order valence-electron chi connectivity index (χ2n) is 7.40. The Morgan fingerprint density at radius 3 is 2.28 bits per heavy atom. The first kappa shape index (κ1) is 22.0. The molecule has 29 heavy (non-hydrogen) atoms. The highest BCUT2D eigenvalue weighted by molar-refractivity contribution is 6.01. The maximum atomic E-state index is 12.5. The van der Waals surface area contributed by atoms with Crippen molar-refractivity contribution in [1.82, 2.24) is 0 Å². The van der Waals surface area contributed by atoms with Crippen molar-refractivity contribution in [3.63, 3.8) is 0 Å². The van der Waals surface area contributed by atoms with E-state index in [1.807, 2.05) is 20.8 Å². The van der Waals surface area contributed by atoms with Crippen molar-refractivity contribution in [3.05, 3.63) is 65.4 Å². The highest BCUT2D eigenvalue weighted by atomic mass is 16.6. The van der Waals surface area contributed by atoms with Gasteiger partial charge in [0.05, 0.1) is 26.2 Å². The summed E-state index contributed by atoms with van der Waals surface area (Å²) in [7, 11) is 3.13. The summed E-state index contributed by atoms with van der Waals surface area (Å²) in [4.78, 5) is 16.8. The fourth-order valence-electron chi connectivity index (χ4n) is 2.48. The number of aliphatic hydroxyl groups excluding tert-OH is 1. The second-order valence-corrected chi connectivity index (χ2v) is 7.40. The van der Waals surface area contributed by atoms with Crippen LogP contribution in [0.25, 0.3) is 6.08 Å². The molecule has 154 valence electrons. The van der Waals surface area contributed by atoms with E-state index in [4.69, 9.17) is 14.2 Å². The first-order valence-electron chi connectivity index (χ1n) is 9.19. The second kappa shape index (κ2) is 9.78. The van der Waals surface area contributed by atoms with Crippen LogP contribution < -0.4 is 9.47 Å². The topological polar surface area (TPSA) is 77.4 Å². The lowest BCUT2D eigenvalue weighted by atomic mass is 10.1. The highest BCUT2D eigenvalue weighted by Crippen LogP contribution is 2.18. The third kappa shape index (κ3) is 7.33. The number of methoxy groups -OCH3 is 2. The molecule has 0 radical (unpaired) electrons. The molecule has 0 saturated carbocycles. The number of ether oxygens (including phenoxy) is 3. The van der Waals surface area contributed by atoms with Crippen LogP contribution in [0, 0.1) is 0 Å². The molecular weight excluding hydrogens is 370 g/mol. The van der Waals surface area contributed by atoms with Gasteiger partial charge >= 0.3 is 5.97 Å². The zero-order valence-corrected chi connectivity index (χ0v) is 17.4. The van der Waals surface area contributed by atoms with E-state index in [-0.39, 0.29) is 18.1 Å². The van der Waals surface area contributed by atoms with Gasteiger partial charge in [-0.05, 0) is 62.2 Å². The number of esters is 1. The summed E-state index contributed by atoms with van der Waals surface area (Å²) in [5, 5.41) is 10.6. The molecule has 0 aromatic heterocycles. The summed E-state index contributed by atoms with van der Waals surface area (Å²) >= 11 is 0. The molecule has 0 amide bonds. The molecule has 2 rings (SSSR count). The predicted molar refractivity (Wildman–Crippen MR) is 114 cm³/mol. The number of hydrogen-bond donors (Lipinski definition) is 1. The molecule has 0 atom stereocenters. The van der Waals surface area contributed by atoms with Crippen molar-refractivity contribution in [2.75, 3.05) is 14.2 Å². The van der Waals surface area contributed by atoms with Crippen LogP contribution >= 0.6 is 0 Å². The van der Waals surface area contributed by atoms with Crippen molar-refractivity contribution in [1.29, 1.82) is 0 Å². The van der Waals surface area contributed by atoms with Gasteiger partial charge in [-0.1, -0.05) is 24.3 Å². The van der Waals surface area contributed by atoms with E-state index < -0.39 is 11.5 Å². The Hall–Kier alpha value is -3.28. The SMILES string of the molecule is COc1cccc(/C=C(\O)C(=NC(C)(C)C)OC(=O)Cc2cccc(OC)c2)c1. The van der Waals surface area contributed by atoms with E-state index in [0.29, 0.717) is 17.1 Å². The van der Waals surface area contributed by atoms with Crippen molar-refractivity contribution in [2.45, 2.75) is 32.7 Å². The average molecular weight is 397 g/mol. The lowest BCUT2D eigenvalue weighted by Crippen LogP contribution is -2.22. The van der Waals surface area contributed by atoms with Gasteiger partial charge in [-0.15, -0.1) is 0 Å². The summed E-state index contributed by atoms with van der Waals surface area (Å²) in [5.74, 6) is 0.391. The van der Waals surface area contributed by atoms with Crippen LogP contribution in [-0.2, 0) is 16.0 Å². The monoisotopic (exact) mass is 397 g/mol. The van der Waals surface area contributed by atoms with Crippen molar-refractivity contribution < 1.29 is 24.1 Å². The maximum Gasteiger partial charge on any atom is 0.317 e. The number of carbonyl (C=O) groups excluding carboxylic acids is 1. The van der Waals surface area contributed by atoms with Gasteiger partial charge in [-0.25, -0.2) is 4.99 Å². The molecule has 6 heteroatoms. The first-order valence-corrected chi connectivity index (χ1v) is 9.19. The zero-order valence-electron chi connectivity index (χ0n) is 17.4. The van der Waals surface area contributed by atoms with Crippen LogP contribution in [0.3, 0.4) is 0 Å². The summed E-state index contributed by atoms with van der Waals surface area (Å²) in [6.45, 7) is 5.55. The Kier molecular flexibility index (Phi) is 7.42. The van der Waals surface area contributed by atoms with E-state index in [1.165, 1.54) is 6.08 Å². The van der Waals surface area contributed by atoms with E-state index in [2.05, 4.69) is 4.99 Å². The number of nitrogens with zero attached hydrogens (tertiary/aromatic N) is 1. The van der Waals surface area contributed by atoms with Gasteiger partial charge in [0, 0.05) is 0 Å². The lowest BCUT2D eigenvalue weighted by molar-refractivity contribution is -0.134. The quantitative estimate of drug-likeness (QED) is 0.334. The van der Waals surface area contributed by atoms with Gasteiger partial charge in [0.2, 0.25) is 0 Å².